The lowest BCUT2D eigenvalue weighted by Crippen LogP contribution is -2.67. The molecule has 366 valence electrons. The van der Waals surface area contributed by atoms with Crippen LogP contribution >= 0.6 is 0 Å². The molecule has 10 N–H and O–H groups in total. The van der Waals surface area contributed by atoms with Gasteiger partial charge in [-0.2, -0.15) is 0 Å². The largest absolute Gasteiger partial charge is 0.432 e. The predicted molar refractivity (Wildman–Crippen MR) is 224 cm³/mol. The van der Waals surface area contributed by atoms with Crippen molar-refractivity contribution in [3.8, 4) is 0 Å². The number of aliphatic hydroxyl groups excluding tert-OH is 10. The second-order valence-corrected chi connectivity index (χ2v) is 22.8. The maximum Gasteiger partial charge on any atom is 0.315 e. The number of rotatable bonds is 8. The Balaban J connectivity index is 1.05. The van der Waals surface area contributed by atoms with Crippen LogP contribution < -0.4 is 0 Å². The summed E-state index contributed by atoms with van der Waals surface area (Å²) in [7, 11) is 0. The fourth-order valence-electron chi connectivity index (χ4n) is 14.7. The van der Waals surface area contributed by atoms with Crippen molar-refractivity contribution in [3.63, 3.8) is 0 Å². The predicted octanol–water partition coefficient (Wildman–Crippen LogP) is 0.780. The minimum Gasteiger partial charge on any atom is -0.432 e. The van der Waals surface area contributed by atoms with Gasteiger partial charge in [-0.15, -0.1) is 0 Å². The molecule has 3 saturated heterocycles. The third-order valence-corrected chi connectivity index (χ3v) is 19.0. The molecule has 8 aliphatic rings. The highest BCUT2D eigenvalue weighted by molar-refractivity contribution is 5.79. The van der Waals surface area contributed by atoms with Crippen LogP contribution in [0.3, 0.4) is 0 Å². The molecule has 17 heteroatoms. The van der Waals surface area contributed by atoms with Crippen LogP contribution in [0.1, 0.15) is 113 Å². The zero-order chi connectivity index (χ0) is 46.7. The maximum atomic E-state index is 14.7. The van der Waals surface area contributed by atoms with E-state index in [0.29, 0.717) is 19.3 Å². The van der Waals surface area contributed by atoms with Crippen molar-refractivity contribution in [2.75, 3.05) is 19.8 Å². The Labute approximate surface area is 376 Å². The second-order valence-electron chi connectivity index (χ2n) is 22.8. The molecular weight excluding hydrogens is 837 g/mol. The van der Waals surface area contributed by atoms with Crippen molar-refractivity contribution in [1.29, 1.82) is 0 Å². The molecule has 0 aromatic rings. The van der Waals surface area contributed by atoms with Gasteiger partial charge in [0, 0.05) is 5.41 Å². The number of ether oxygens (including phenoxy) is 6. The van der Waals surface area contributed by atoms with Crippen LogP contribution in [0.2, 0.25) is 0 Å². The first-order valence-corrected chi connectivity index (χ1v) is 23.7. The van der Waals surface area contributed by atoms with Crippen LogP contribution in [-0.2, 0) is 33.2 Å². The van der Waals surface area contributed by atoms with Gasteiger partial charge in [-0.3, -0.25) is 4.79 Å². The SMILES string of the molecule is C[C@@H]1O[C@@H](O[C@H]2[C@H](O[C@H]3CC[C@@]4(C)[C@@H](CC[C@]5(C)[C@@H]4CC=C4[C@@H]6CC(C)(C)CC[C@]6(C(=O)O[C@H]6O[C@H](CO)[C@@H](O)[C@H](O)[C@H]6O)CC[C@]45C)[C@]3(C)CO)OC[C@H](O)[C@@H]2O)[C@H](O)[C@H](O)[C@H]1O. The number of allylic oxidation sites excluding steroid dienone is 2. The lowest BCUT2D eigenvalue weighted by atomic mass is 9.33. The normalized spacial score (nSPS) is 54.9. The third-order valence-electron chi connectivity index (χ3n) is 19.0. The zero-order valence-electron chi connectivity index (χ0n) is 38.5. The van der Waals surface area contributed by atoms with E-state index in [9.17, 15) is 55.9 Å². The first-order chi connectivity index (χ1) is 29.9. The lowest BCUT2D eigenvalue weighted by Gasteiger charge is -2.71. The van der Waals surface area contributed by atoms with Gasteiger partial charge >= 0.3 is 5.97 Å². The molecule has 0 aromatic carbocycles. The smallest absolute Gasteiger partial charge is 0.315 e. The molecule has 3 heterocycles. The molecule has 17 nitrogen and oxygen atoms in total. The number of esters is 1. The zero-order valence-corrected chi connectivity index (χ0v) is 38.5. The molecule has 4 saturated carbocycles. The average molecular weight is 913 g/mol. The van der Waals surface area contributed by atoms with Crippen molar-refractivity contribution >= 4 is 5.97 Å². The molecule has 23 atom stereocenters. The van der Waals surface area contributed by atoms with Crippen LogP contribution in [0, 0.1) is 50.2 Å². The Hall–Kier alpha value is -1.39. The fourth-order valence-corrected chi connectivity index (χ4v) is 14.7. The minimum absolute atomic E-state index is 0.00430. The Kier molecular flexibility index (Phi) is 13.2. The highest BCUT2D eigenvalue weighted by atomic mass is 16.8. The van der Waals surface area contributed by atoms with Crippen molar-refractivity contribution in [2.45, 2.75) is 205 Å². The number of carbonyl (C=O) groups excluding carboxylic acids is 1. The van der Waals surface area contributed by atoms with Crippen molar-refractivity contribution < 1.29 is 84.3 Å². The van der Waals surface area contributed by atoms with E-state index in [-0.39, 0.29) is 52.6 Å². The Morgan fingerprint density at radius 2 is 1.39 bits per heavy atom. The van der Waals surface area contributed by atoms with E-state index in [4.69, 9.17) is 28.4 Å². The molecule has 3 aliphatic heterocycles. The van der Waals surface area contributed by atoms with Gasteiger partial charge in [0.15, 0.2) is 12.6 Å². The van der Waals surface area contributed by atoms with Gasteiger partial charge in [0.05, 0.1) is 37.4 Å². The van der Waals surface area contributed by atoms with Crippen LogP contribution in [-0.4, -0.2) is 169 Å². The van der Waals surface area contributed by atoms with E-state index in [0.717, 1.165) is 44.9 Å². The Bertz CT molecular complexity index is 1750. The summed E-state index contributed by atoms with van der Waals surface area (Å²) in [5.74, 6) is -0.439. The summed E-state index contributed by atoms with van der Waals surface area (Å²) in [5.41, 5.74) is -1.19. The summed E-state index contributed by atoms with van der Waals surface area (Å²) in [4.78, 5) is 14.7. The van der Waals surface area contributed by atoms with E-state index >= 15 is 0 Å². The summed E-state index contributed by atoms with van der Waals surface area (Å²) in [6, 6.07) is 0. The number of hydrogen-bond acceptors (Lipinski definition) is 17. The quantitative estimate of drug-likeness (QED) is 0.0916. The van der Waals surface area contributed by atoms with Crippen molar-refractivity contribution in [1.82, 2.24) is 0 Å². The molecule has 5 aliphatic carbocycles. The molecular formula is C47H76O17. The average Bonchev–Trinajstić information content (AvgIpc) is 3.25. The number of carbonyl (C=O) groups is 1. The van der Waals surface area contributed by atoms with E-state index in [2.05, 4.69) is 40.7 Å². The standard InChI is InChI=1S/C47H76O17/c1-22-30(51)33(54)35(56)38(60-22)63-37-31(52)25(50)20-59-40(37)62-29-11-12-43(4)27(44(29,5)21-49)10-13-46(7)28(43)9-8-23-24-18-42(2,3)14-16-47(24,17-15-45(23,46)6)41(58)64-39-36(57)34(55)32(53)26(19-48)61-39/h8,22,24-40,48-57H,9-21H2,1-7H3/t22-,24-,25-,26+,27+,28+,29-,30-,31-,32+,33+,34-,35+,36+,37+,38-,39+,40-,43-,44-,45+,46+,47-/m0/s1. The highest BCUT2D eigenvalue weighted by Crippen LogP contribution is 2.76. The molecule has 0 unspecified atom stereocenters. The molecule has 0 amide bonds. The first-order valence-electron chi connectivity index (χ1n) is 23.7. The van der Waals surface area contributed by atoms with Crippen LogP contribution in [0.15, 0.2) is 11.6 Å². The summed E-state index contributed by atoms with van der Waals surface area (Å²) < 4.78 is 36.1. The number of fused-ring (bicyclic) bond motifs is 7. The lowest BCUT2D eigenvalue weighted by molar-refractivity contribution is -0.365. The van der Waals surface area contributed by atoms with Gasteiger partial charge in [-0.25, -0.2) is 0 Å². The summed E-state index contributed by atoms with van der Waals surface area (Å²) in [5, 5.41) is 106. The van der Waals surface area contributed by atoms with Crippen LogP contribution in [0.5, 0.6) is 0 Å². The van der Waals surface area contributed by atoms with Crippen molar-refractivity contribution in [3.05, 3.63) is 11.6 Å². The van der Waals surface area contributed by atoms with Crippen LogP contribution in [0.4, 0.5) is 0 Å². The van der Waals surface area contributed by atoms with Gasteiger partial charge in [0.25, 0.3) is 0 Å². The number of hydrogen-bond donors (Lipinski definition) is 10. The van der Waals surface area contributed by atoms with E-state index in [1.807, 2.05) is 6.92 Å². The Morgan fingerprint density at radius 3 is 2.08 bits per heavy atom. The molecule has 0 radical (unpaired) electrons. The fraction of sp³-hybridized carbons (Fsp3) is 0.936. The van der Waals surface area contributed by atoms with Gasteiger partial charge in [-0.05, 0) is 111 Å². The van der Waals surface area contributed by atoms with Crippen molar-refractivity contribution in [2.24, 2.45) is 50.2 Å². The molecule has 0 spiro atoms. The summed E-state index contributed by atoms with van der Waals surface area (Å²) in [6.45, 7) is 14.1. The monoisotopic (exact) mass is 913 g/mol. The van der Waals surface area contributed by atoms with E-state index < -0.39 is 116 Å². The number of aliphatic hydroxyl groups is 10. The van der Waals surface area contributed by atoms with Crippen LogP contribution in [0.25, 0.3) is 0 Å². The van der Waals surface area contributed by atoms with Gasteiger partial charge in [0.2, 0.25) is 6.29 Å². The van der Waals surface area contributed by atoms with Gasteiger partial charge in [-0.1, -0.05) is 53.2 Å². The van der Waals surface area contributed by atoms with Gasteiger partial charge in [0.1, 0.15) is 61.0 Å². The maximum absolute atomic E-state index is 14.7. The topological polar surface area (TPSA) is 275 Å². The first kappa shape index (κ1) is 49.0. The highest BCUT2D eigenvalue weighted by Gasteiger charge is 2.70. The van der Waals surface area contributed by atoms with E-state index in [1.165, 1.54) is 12.5 Å². The third kappa shape index (κ3) is 7.49. The van der Waals surface area contributed by atoms with Gasteiger partial charge < -0.3 is 79.5 Å². The molecule has 64 heavy (non-hydrogen) atoms. The molecule has 0 aromatic heterocycles. The Morgan fingerprint density at radius 1 is 0.719 bits per heavy atom. The minimum atomic E-state index is -1.69. The summed E-state index contributed by atoms with van der Waals surface area (Å²) >= 11 is 0. The summed E-state index contributed by atoms with van der Waals surface area (Å²) in [6.07, 6.45) is -11.1. The molecule has 8 rings (SSSR count). The van der Waals surface area contributed by atoms with E-state index in [1.54, 1.807) is 0 Å². The second kappa shape index (κ2) is 17.2. The molecule has 7 fully saturated rings. The molecule has 0 bridgehead atoms.